The Morgan fingerprint density at radius 1 is 1.37 bits per heavy atom. The number of carbonyl (C=O) groups is 1. The second-order valence-electron chi connectivity index (χ2n) is 7.05. The fourth-order valence-electron chi connectivity index (χ4n) is 2.51. The van der Waals surface area contributed by atoms with Gasteiger partial charge in [0, 0.05) is 36.5 Å². The van der Waals surface area contributed by atoms with Crippen LogP contribution in [0.25, 0.3) is 6.08 Å². The second-order valence-corrected chi connectivity index (χ2v) is 7.41. The molecular formula is C20H27ClN4O2. The summed E-state index contributed by atoms with van der Waals surface area (Å²) >= 11 is 6.39. The quantitative estimate of drug-likeness (QED) is 0.691. The van der Waals surface area contributed by atoms with Crippen LogP contribution in [0, 0.1) is 12.8 Å². The van der Waals surface area contributed by atoms with Crippen molar-refractivity contribution < 1.29 is 9.53 Å². The average molecular weight is 391 g/mol. The van der Waals surface area contributed by atoms with Crippen molar-refractivity contribution in [3.63, 3.8) is 0 Å². The Morgan fingerprint density at radius 3 is 2.78 bits per heavy atom. The van der Waals surface area contributed by atoms with Gasteiger partial charge in [0.2, 0.25) is 11.8 Å². The van der Waals surface area contributed by atoms with Crippen LogP contribution >= 0.6 is 11.6 Å². The van der Waals surface area contributed by atoms with Crippen LogP contribution in [-0.2, 0) is 17.9 Å². The molecule has 2 aromatic heterocycles. The van der Waals surface area contributed by atoms with Gasteiger partial charge in [-0.2, -0.15) is 5.10 Å². The van der Waals surface area contributed by atoms with Gasteiger partial charge in [-0.05, 0) is 38.8 Å². The number of halogens is 1. The Labute approximate surface area is 165 Å². The third-order valence-corrected chi connectivity index (χ3v) is 4.10. The molecule has 0 aliphatic heterocycles. The summed E-state index contributed by atoms with van der Waals surface area (Å²) in [6.07, 6.45) is 4.85. The van der Waals surface area contributed by atoms with Gasteiger partial charge in [-0.1, -0.05) is 31.5 Å². The van der Waals surface area contributed by atoms with Crippen molar-refractivity contribution in [3.05, 3.63) is 46.4 Å². The lowest BCUT2D eigenvalue weighted by Gasteiger charge is -2.12. The topological polar surface area (TPSA) is 69.0 Å². The first kappa shape index (κ1) is 21.0. The Balaban J connectivity index is 2.02. The fraction of sp³-hybridized carbons (Fsp3) is 0.450. The summed E-state index contributed by atoms with van der Waals surface area (Å²) in [6.45, 7) is 11.0. The average Bonchev–Trinajstić information content (AvgIpc) is 2.84. The van der Waals surface area contributed by atoms with Crippen molar-refractivity contribution in [1.82, 2.24) is 20.1 Å². The molecule has 0 atom stereocenters. The maximum absolute atomic E-state index is 12.2. The van der Waals surface area contributed by atoms with Gasteiger partial charge in [-0.25, -0.2) is 4.98 Å². The third-order valence-electron chi connectivity index (χ3n) is 3.70. The zero-order valence-electron chi connectivity index (χ0n) is 16.5. The van der Waals surface area contributed by atoms with Crippen molar-refractivity contribution in [3.8, 4) is 5.88 Å². The number of aryl methyl sites for hydroxylation is 1. The first-order valence-corrected chi connectivity index (χ1v) is 9.45. The molecule has 0 spiro atoms. The molecule has 0 saturated carbocycles. The summed E-state index contributed by atoms with van der Waals surface area (Å²) in [5.41, 5.74) is 2.38. The number of carbonyl (C=O) groups excluding carboxylic acids is 1. The Kier molecular flexibility index (Phi) is 7.42. The lowest BCUT2D eigenvalue weighted by atomic mass is 10.2. The first-order valence-electron chi connectivity index (χ1n) is 9.07. The Bertz CT molecular complexity index is 812. The standard InChI is InChI=1S/C20H27ClN4O2/c1-13(2)12-25-19(21)17(15(5)24-25)8-9-18(26)23-11-16-7-6-10-22-20(16)27-14(3)4/h6-10,13-14H,11-12H2,1-5H3,(H,23,26)/b9-8+. The van der Waals surface area contributed by atoms with Gasteiger partial charge in [0.25, 0.3) is 0 Å². The molecular weight excluding hydrogens is 364 g/mol. The molecule has 0 aromatic carbocycles. The highest BCUT2D eigenvalue weighted by molar-refractivity contribution is 6.31. The van der Waals surface area contributed by atoms with Gasteiger partial charge in [-0.15, -0.1) is 0 Å². The number of pyridine rings is 1. The molecule has 0 bridgehead atoms. The van der Waals surface area contributed by atoms with Crippen LogP contribution in [0.4, 0.5) is 0 Å². The number of aromatic nitrogens is 3. The fourth-order valence-corrected chi connectivity index (χ4v) is 2.82. The number of nitrogens with zero attached hydrogens (tertiary/aromatic N) is 3. The molecule has 0 radical (unpaired) electrons. The SMILES string of the molecule is Cc1nn(CC(C)C)c(Cl)c1/C=C/C(=O)NCc1cccnc1OC(C)C. The van der Waals surface area contributed by atoms with Crippen LogP contribution in [0.5, 0.6) is 5.88 Å². The van der Waals surface area contributed by atoms with Crippen molar-refractivity contribution in [2.45, 2.75) is 53.8 Å². The maximum atomic E-state index is 12.2. The van der Waals surface area contributed by atoms with E-state index in [2.05, 4.69) is 29.2 Å². The minimum Gasteiger partial charge on any atom is -0.475 e. The summed E-state index contributed by atoms with van der Waals surface area (Å²) in [5, 5.41) is 7.83. The molecule has 0 aliphatic carbocycles. The van der Waals surface area contributed by atoms with Crippen LogP contribution in [0.1, 0.15) is 44.5 Å². The van der Waals surface area contributed by atoms with Crippen LogP contribution < -0.4 is 10.1 Å². The lowest BCUT2D eigenvalue weighted by molar-refractivity contribution is -0.116. The monoisotopic (exact) mass is 390 g/mol. The van der Waals surface area contributed by atoms with E-state index < -0.39 is 0 Å². The summed E-state index contributed by atoms with van der Waals surface area (Å²) in [6, 6.07) is 3.70. The van der Waals surface area contributed by atoms with Crippen LogP contribution in [0.2, 0.25) is 5.15 Å². The van der Waals surface area contributed by atoms with E-state index in [0.29, 0.717) is 23.5 Å². The maximum Gasteiger partial charge on any atom is 0.244 e. The molecule has 2 aromatic rings. The van der Waals surface area contributed by atoms with Gasteiger partial charge < -0.3 is 10.1 Å². The molecule has 1 amide bonds. The minimum absolute atomic E-state index is 0.0155. The van der Waals surface area contributed by atoms with Gasteiger partial charge in [0.05, 0.1) is 11.8 Å². The van der Waals surface area contributed by atoms with E-state index in [4.69, 9.17) is 16.3 Å². The van der Waals surface area contributed by atoms with Gasteiger partial charge in [0.15, 0.2) is 0 Å². The normalized spacial score (nSPS) is 11.6. The molecule has 2 heterocycles. The molecule has 0 fully saturated rings. The van der Waals surface area contributed by atoms with E-state index in [0.717, 1.165) is 23.4 Å². The molecule has 0 aliphatic rings. The highest BCUT2D eigenvalue weighted by Gasteiger charge is 2.12. The summed E-state index contributed by atoms with van der Waals surface area (Å²) < 4.78 is 7.43. The number of rotatable bonds is 8. The second kappa shape index (κ2) is 9.55. The summed E-state index contributed by atoms with van der Waals surface area (Å²) in [4.78, 5) is 16.4. The molecule has 0 unspecified atom stereocenters. The summed E-state index contributed by atoms with van der Waals surface area (Å²) in [5.74, 6) is 0.746. The van der Waals surface area contributed by atoms with Gasteiger partial charge in [0.1, 0.15) is 5.15 Å². The van der Waals surface area contributed by atoms with Gasteiger partial charge in [-0.3, -0.25) is 9.48 Å². The van der Waals surface area contributed by atoms with Crippen LogP contribution in [-0.4, -0.2) is 26.8 Å². The van der Waals surface area contributed by atoms with Crippen molar-refractivity contribution in [2.75, 3.05) is 0 Å². The minimum atomic E-state index is -0.221. The molecule has 0 saturated heterocycles. The number of hydrogen-bond acceptors (Lipinski definition) is 4. The Morgan fingerprint density at radius 2 is 2.11 bits per heavy atom. The lowest BCUT2D eigenvalue weighted by Crippen LogP contribution is -2.21. The number of amides is 1. The Hall–Kier alpha value is -2.34. The molecule has 146 valence electrons. The molecule has 1 N–H and O–H groups in total. The summed E-state index contributed by atoms with van der Waals surface area (Å²) in [7, 11) is 0. The van der Waals surface area contributed by atoms with E-state index >= 15 is 0 Å². The number of ether oxygens (including phenoxy) is 1. The smallest absolute Gasteiger partial charge is 0.244 e. The zero-order chi connectivity index (χ0) is 20.0. The van der Waals surface area contributed by atoms with Crippen LogP contribution in [0.3, 0.4) is 0 Å². The van der Waals surface area contributed by atoms with E-state index in [9.17, 15) is 4.79 Å². The number of nitrogens with one attached hydrogen (secondary N) is 1. The third kappa shape index (κ3) is 6.10. The van der Waals surface area contributed by atoms with E-state index in [1.54, 1.807) is 17.0 Å². The predicted octanol–water partition coefficient (Wildman–Crippen LogP) is 4.01. The number of hydrogen-bond donors (Lipinski definition) is 1. The highest BCUT2D eigenvalue weighted by atomic mass is 35.5. The van der Waals surface area contributed by atoms with Crippen LogP contribution in [0.15, 0.2) is 24.4 Å². The van der Waals surface area contributed by atoms with Crippen molar-refractivity contribution in [2.24, 2.45) is 5.92 Å². The van der Waals surface area contributed by atoms with Crippen molar-refractivity contribution in [1.29, 1.82) is 0 Å². The predicted molar refractivity (Wildman–Crippen MR) is 108 cm³/mol. The zero-order valence-corrected chi connectivity index (χ0v) is 17.2. The molecule has 7 heteroatoms. The van der Waals surface area contributed by atoms with Gasteiger partial charge >= 0.3 is 0 Å². The van der Waals surface area contributed by atoms with E-state index in [1.807, 2.05) is 32.9 Å². The first-order chi connectivity index (χ1) is 12.8. The molecule has 27 heavy (non-hydrogen) atoms. The molecule has 2 rings (SSSR count). The highest BCUT2D eigenvalue weighted by Crippen LogP contribution is 2.22. The van der Waals surface area contributed by atoms with Crippen molar-refractivity contribution >= 4 is 23.6 Å². The van der Waals surface area contributed by atoms with E-state index in [-0.39, 0.29) is 12.0 Å². The molecule has 6 nitrogen and oxygen atoms in total. The van der Waals surface area contributed by atoms with E-state index in [1.165, 1.54) is 6.08 Å². The largest absolute Gasteiger partial charge is 0.475 e.